The Morgan fingerprint density at radius 3 is 2.04 bits per heavy atom. The second-order valence-electron chi connectivity index (χ2n) is 6.63. The number of hydrogen-bond donors (Lipinski definition) is 1. The fourth-order valence-electron chi connectivity index (χ4n) is 2.29. The first kappa shape index (κ1) is 21.5. The number of sulfonamides is 1. The second-order valence-corrected chi connectivity index (χ2v) is 8.45. The van der Waals surface area contributed by atoms with Crippen LogP contribution in [0.4, 0.5) is 5.69 Å². The van der Waals surface area contributed by atoms with Gasteiger partial charge >= 0.3 is 5.97 Å². The molecule has 0 aliphatic heterocycles. The third kappa shape index (κ3) is 4.73. The highest BCUT2D eigenvalue weighted by molar-refractivity contribution is 7.92. The maximum Gasteiger partial charge on any atom is 0.314 e. The van der Waals surface area contributed by atoms with Gasteiger partial charge in [0.1, 0.15) is 18.1 Å². The van der Waals surface area contributed by atoms with Gasteiger partial charge in [-0.3, -0.25) is 4.79 Å². The Balaban J connectivity index is 2.13. The van der Waals surface area contributed by atoms with Crippen LogP contribution in [0.1, 0.15) is 13.8 Å². The van der Waals surface area contributed by atoms with E-state index in [1.165, 1.54) is 38.5 Å². The number of nitrogens with zero attached hydrogens (tertiary/aromatic N) is 1. The number of hydrazine groups is 1. The molecule has 0 radical (unpaired) electrons. The monoisotopic (exact) mass is 408 g/mol. The van der Waals surface area contributed by atoms with Crippen LogP contribution in [0, 0.1) is 5.41 Å². The van der Waals surface area contributed by atoms with Gasteiger partial charge in [0.25, 0.3) is 10.0 Å². The number of carbonyl (C=O) groups excluding carboxylic acids is 1. The summed E-state index contributed by atoms with van der Waals surface area (Å²) in [7, 11) is -1.12. The molecule has 2 aromatic carbocycles. The van der Waals surface area contributed by atoms with E-state index in [1.807, 2.05) is 0 Å². The summed E-state index contributed by atoms with van der Waals surface area (Å²) in [5.74, 6) is 6.43. The molecule has 152 valence electrons. The average molecular weight is 408 g/mol. The van der Waals surface area contributed by atoms with E-state index in [2.05, 4.69) is 0 Å². The number of esters is 1. The van der Waals surface area contributed by atoms with Crippen molar-refractivity contribution in [2.75, 3.05) is 25.2 Å². The molecule has 0 spiro atoms. The second kappa shape index (κ2) is 8.49. The van der Waals surface area contributed by atoms with E-state index >= 15 is 0 Å². The number of rotatable bonds is 8. The minimum Gasteiger partial charge on any atom is -0.497 e. The van der Waals surface area contributed by atoms with Gasteiger partial charge in [-0.2, -0.15) is 8.42 Å². The van der Waals surface area contributed by atoms with Crippen molar-refractivity contribution in [2.45, 2.75) is 18.7 Å². The molecule has 0 unspecified atom stereocenters. The average Bonchev–Trinajstić information content (AvgIpc) is 2.71. The first-order valence-corrected chi connectivity index (χ1v) is 9.81. The van der Waals surface area contributed by atoms with Crippen molar-refractivity contribution in [3.05, 3.63) is 48.5 Å². The molecule has 0 aliphatic carbocycles. The van der Waals surface area contributed by atoms with Crippen LogP contribution < -0.4 is 19.7 Å². The van der Waals surface area contributed by atoms with Crippen LogP contribution >= 0.6 is 0 Å². The van der Waals surface area contributed by atoms with Crippen LogP contribution in [-0.4, -0.2) is 35.2 Å². The van der Waals surface area contributed by atoms with Gasteiger partial charge in [-0.15, -0.1) is 0 Å². The van der Waals surface area contributed by atoms with Crippen molar-refractivity contribution < 1.29 is 27.4 Å². The van der Waals surface area contributed by atoms with Gasteiger partial charge in [-0.25, -0.2) is 10.3 Å². The van der Waals surface area contributed by atoms with Gasteiger partial charge in [0.2, 0.25) is 0 Å². The molecular formula is C19H24N2O6S. The van der Waals surface area contributed by atoms with E-state index in [0.717, 1.165) is 0 Å². The molecule has 0 aliphatic rings. The fraction of sp³-hybridized carbons (Fsp3) is 0.316. The van der Waals surface area contributed by atoms with E-state index in [4.69, 9.17) is 20.1 Å². The maximum absolute atomic E-state index is 12.7. The molecule has 0 bridgehead atoms. The standard InChI is InChI=1S/C19H24N2O6S/c1-19(2,18(22)26-4)13-27-16-9-11-17(12-10-16)28(23,24)21(20)14-5-7-15(25-3)8-6-14/h5-12H,13,20H2,1-4H3. The highest BCUT2D eigenvalue weighted by Gasteiger charge is 2.30. The van der Waals surface area contributed by atoms with Gasteiger partial charge in [0, 0.05) is 0 Å². The van der Waals surface area contributed by atoms with Crippen LogP contribution in [-0.2, 0) is 19.6 Å². The van der Waals surface area contributed by atoms with E-state index in [0.29, 0.717) is 21.6 Å². The van der Waals surface area contributed by atoms with E-state index < -0.39 is 21.4 Å². The van der Waals surface area contributed by atoms with Crippen molar-refractivity contribution in [1.82, 2.24) is 0 Å². The predicted octanol–water partition coefficient (Wildman–Crippen LogP) is 2.34. The number of hydrogen-bond acceptors (Lipinski definition) is 7. The summed E-state index contributed by atoms with van der Waals surface area (Å²) < 4.78 is 41.5. The summed E-state index contributed by atoms with van der Waals surface area (Å²) >= 11 is 0. The molecule has 2 aromatic rings. The lowest BCUT2D eigenvalue weighted by molar-refractivity contribution is -0.152. The zero-order chi connectivity index (χ0) is 20.9. The zero-order valence-electron chi connectivity index (χ0n) is 16.2. The Hall–Kier alpha value is -2.78. The fourth-order valence-corrected chi connectivity index (χ4v) is 3.39. The quantitative estimate of drug-likeness (QED) is 0.406. The number of carbonyl (C=O) groups is 1. The van der Waals surface area contributed by atoms with Crippen molar-refractivity contribution in [3.8, 4) is 11.5 Å². The highest BCUT2D eigenvalue weighted by atomic mass is 32.2. The normalized spacial score (nSPS) is 11.6. The summed E-state index contributed by atoms with van der Waals surface area (Å²) in [6.07, 6.45) is 0. The van der Waals surface area contributed by atoms with Crippen LogP contribution in [0.2, 0.25) is 0 Å². The Kier molecular flexibility index (Phi) is 6.52. The van der Waals surface area contributed by atoms with E-state index in [1.54, 1.807) is 38.1 Å². The molecule has 0 atom stereocenters. The molecule has 0 saturated heterocycles. The van der Waals surface area contributed by atoms with Crippen LogP contribution in [0.3, 0.4) is 0 Å². The Morgan fingerprint density at radius 2 is 1.54 bits per heavy atom. The third-order valence-electron chi connectivity index (χ3n) is 4.05. The molecule has 2 N–H and O–H groups in total. The molecule has 8 nitrogen and oxygen atoms in total. The Labute approximate surface area is 164 Å². The lowest BCUT2D eigenvalue weighted by Gasteiger charge is -2.22. The van der Waals surface area contributed by atoms with Crippen LogP contribution in [0.15, 0.2) is 53.4 Å². The summed E-state index contributed by atoms with van der Waals surface area (Å²) in [6, 6.07) is 12.1. The first-order chi connectivity index (χ1) is 13.1. The Morgan fingerprint density at radius 1 is 1.00 bits per heavy atom. The van der Waals surface area contributed by atoms with Gasteiger partial charge in [-0.1, -0.05) is 0 Å². The predicted molar refractivity (Wildman–Crippen MR) is 105 cm³/mol. The number of benzene rings is 2. The summed E-state index contributed by atoms with van der Waals surface area (Å²) in [5.41, 5.74) is -0.539. The largest absolute Gasteiger partial charge is 0.497 e. The number of ether oxygens (including phenoxy) is 3. The number of nitrogens with two attached hydrogens (primary N) is 1. The molecule has 0 aromatic heterocycles. The van der Waals surface area contributed by atoms with Crippen molar-refractivity contribution in [2.24, 2.45) is 11.3 Å². The van der Waals surface area contributed by atoms with Crippen molar-refractivity contribution in [3.63, 3.8) is 0 Å². The van der Waals surface area contributed by atoms with E-state index in [-0.39, 0.29) is 11.5 Å². The van der Waals surface area contributed by atoms with E-state index in [9.17, 15) is 13.2 Å². The van der Waals surface area contributed by atoms with Crippen molar-refractivity contribution >= 4 is 21.7 Å². The zero-order valence-corrected chi connectivity index (χ0v) is 17.0. The number of methoxy groups -OCH3 is 2. The topological polar surface area (TPSA) is 108 Å². The summed E-state index contributed by atoms with van der Waals surface area (Å²) in [4.78, 5) is 11.7. The lowest BCUT2D eigenvalue weighted by Crippen LogP contribution is -2.37. The molecule has 0 heterocycles. The molecule has 0 fully saturated rings. The highest BCUT2D eigenvalue weighted by Crippen LogP contribution is 2.25. The minimum absolute atomic E-state index is 0.00500. The van der Waals surface area contributed by atoms with Gasteiger partial charge in [-0.05, 0) is 62.4 Å². The lowest BCUT2D eigenvalue weighted by atomic mass is 9.95. The number of anilines is 1. The molecule has 2 rings (SSSR count). The third-order valence-corrected chi connectivity index (χ3v) is 5.64. The maximum atomic E-state index is 12.7. The molecule has 0 saturated carbocycles. The smallest absolute Gasteiger partial charge is 0.314 e. The summed E-state index contributed by atoms with van der Waals surface area (Å²) in [6.45, 7) is 3.47. The molecule has 0 amide bonds. The molecule has 9 heteroatoms. The van der Waals surface area contributed by atoms with Gasteiger partial charge in [0.05, 0.1) is 30.2 Å². The summed E-state index contributed by atoms with van der Waals surface area (Å²) in [5, 5.41) is 0. The molecule has 28 heavy (non-hydrogen) atoms. The first-order valence-electron chi connectivity index (χ1n) is 8.37. The SMILES string of the molecule is COC(=O)C(C)(C)COc1ccc(S(=O)(=O)N(N)c2ccc(OC)cc2)cc1. The van der Waals surface area contributed by atoms with Crippen LogP contribution in [0.25, 0.3) is 0 Å². The minimum atomic E-state index is -3.95. The van der Waals surface area contributed by atoms with Crippen LogP contribution in [0.5, 0.6) is 11.5 Å². The van der Waals surface area contributed by atoms with Gasteiger partial charge < -0.3 is 14.2 Å². The Bertz CT molecular complexity index is 908. The van der Waals surface area contributed by atoms with Crippen molar-refractivity contribution in [1.29, 1.82) is 0 Å². The van der Waals surface area contributed by atoms with Gasteiger partial charge in [0.15, 0.2) is 0 Å². The molecular weight excluding hydrogens is 384 g/mol.